The molecular formula is C12H9N5O4S. The fourth-order valence-corrected chi connectivity index (χ4v) is 2.37. The SMILES string of the molecule is O=C1NN=C(CSc2n[nH]c(=O)[nH]c2=O)Oc2ccccc21. The minimum atomic E-state index is -0.682. The molecule has 2 heterocycles. The Bertz CT molecular complexity index is 872. The molecule has 2 aromatic rings. The van der Waals surface area contributed by atoms with Crippen LogP contribution >= 0.6 is 11.8 Å². The molecule has 1 aliphatic rings. The van der Waals surface area contributed by atoms with E-state index >= 15 is 0 Å². The van der Waals surface area contributed by atoms with Gasteiger partial charge in [-0.2, -0.15) is 5.10 Å². The Hall–Kier alpha value is -2.88. The van der Waals surface area contributed by atoms with Gasteiger partial charge in [0, 0.05) is 0 Å². The number of thioether (sulfide) groups is 1. The summed E-state index contributed by atoms with van der Waals surface area (Å²) in [7, 11) is 0. The number of nitrogens with one attached hydrogen (secondary N) is 3. The van der Waals surface area contributed by atoms with E-state index in [1.54, 1.807) is 24.3 Å². The van der Waals surface area contributed by atoms with Crippen LogP contribution in [-0.4, -0.2) is 32.7 Å². The van der Waals surface area contributed by atoms with Gasteiger partial charge in [-0.05, 0) is 12.1 Å². The van der Waals surface area contributed by atoms with Crippen molar-refractivity contribution >= 4 is 23.6 Å². The summed E-state index contributed by atoms with van der Waals surface area (Å²) in [6, 6.07) is 6.71. The normalized spacial score (nSPS) is 13.5. The van der Waals surface area contributed by atoms with E-state index in [1.165, 1.54) is 0 Å². The van der Waals surface area contributed by atoms with E-state index in [0.717, 1.165) is 11.8 Å². The van der Waals surface area contributed by atoms with Crippen molar-refractivity contribution in [1.82, 2.24) is 20.6 Å². The number of H-pyrrole nitrogens is 2. The maximum Gasteiger partial charge on any atom is 0.342 e. The van der Waals surface area contributed by atoms with Gasteiger partial charge in [-0.25, -0.2) is 15.3 Å². The second kappa shape index (κ2) is 5.85. The highest BCUT2D eigenvalue weighted by Gasteiger charge is 2.18. The van der Waals surface area contributed by atoms with Crippen LogP contribution < -0.4 is 21.4 Å². The van der Waals surface area contributed by atoms with Gasteiger partial charge in [0.25, 0.3) is 11.5 Å². The van der Waals surface area contributed by atoms with Crippen molar-refractivity contribution in [1.29, 1.82) is 0 Å². The lowest BCUT2D eigenvalue weighted by molar-refractivity contribution is 0.0955. The summed E-state index contributed by atoms with van der Waals surface area (Å²) in [5.41, 5.74) is 1.44. The molecule has 112 valence electrons. The first-order valence-corrected chi connectivity index (χ1v) is 7.07. The number of hydrazone groups is 1. The molecular weight excluding hydrogens is 310 g/mol. The summed E-state index contributed by atoms with van der Waals surface area (Å²) in [4.78, 5) is 36.3. The van der Waals surface area contributed by atoms with Crippen molar-refractivity contribution < 1.29 is 9.53 Å². The van der Waals surface area contributed by atoms with Gasteiger partial charge in [0.2, 0.25) is 5.90 Å². The average Bonchev–Trinajstić information content (AvgIpc) is 2.66. The monoisotopic (exact) mass is 319 g/mol. The lowest BCUT2D eigenvalue weighted by atomic mass is 10.2. The summed E-state index contributed by atoms with van der Waals surface area (Å²) in [6.45, 7) is 0. The largest absolute Gasteiger partial charge is 0.440 e. The molecule has 0 fully saturated rings. The number of hydrogen-bond donors (Lipinski definition) is 3. The van der Waals surface area contributed by atoms with Crippen LogP contribution in [0.2, 0.25) is 0 Å². The molecule has 1 aromatic heterocycles. The van der Waals surface area contributed by atoms with Crippen LogP contribution in [0.5, 0.6) is 5.75 Å². The summed E-state index contributed by atoms with van der Waals surface area (Å²) in [6.07, 6.45) is 0. The van der Waals surface area contributed by atoms with Crippen molar-refractivity contribution in [3.8, 4) is 5.75 Å². The number of carbonyl (C=O) groups is 1. The van der Waals surface area contributed by atoms with E-state index in [9.17, 15) is 14.4 Å². The Balaban J connectivity index is 1.77. The summed E-state index contributed by atoms with van der Waals surface area (Å²) in [5.74, 6) is 0.350. The number of aromatic amines is 2. The second-order valence-corrected chi connectivity index (χ2v) is 5.11. The molecule has 0 unspecified atom stereocenters. The van der Waals surface area contributed by atoms with Crippen LogP contribution in [0.4, 0.5) is 0 Å². The van der Waals surface area contributed by atoms with Gasteiger partial charge in [-0.15, -0.1) is 5.10 Å². The Morgan fingerprint density at radius 3 is 2.82 bits per heavy atom. The maximum absolute atomic E-state index is 11.8. The maximum atomic E-state index is 11.8. The highest BCUT2D eigenvalue weighted by Crippen LogP contribution is 2.21. The van der Waals surface area contributed by atoms with Crippen LogP contribution in [0.25, 0.3) is 0 Å². The molecule has 22 heavy (non-hydrogen) atoms. The van der Waals surface area contributed by atoms with Crippen LogP contribution in [0.15, 0.2) is 44.0 Å². The fraction of sp³-hybridized carbons (Fsp3) is 0.0833. The van der Waals surface area contributed by atoms with E-state index in [4.69, 9.17) is 4.74 Å². The number of nitrogens with zero attached hydrogens (tertiary/aromatic N) is 2. The number of rotatable bonds is 3. The molecule has 3 N–H and O–H groups in total. The standard InChI is InChI=1S/C12H9N5O4S/c18-9-6-3-1-2-4-7(6)21-8(14-15-9)5-22-11-10(19)13-12(20)17-16-11/h1-4H,5H2,(H,15,18)(H2,13,17,19,20). The van der Waals surface area contributed by atoms with E-state index in [0.29, 0.717) is 11.3 Å². The molecule has 0 saturated heterocycles. The number of amides is 1. The highest BCUT2D eigenvalue weighted by molar-refractivity contribution is 7.99. The van der Waals surface area contributed by atoms with E-state index in [-0.39, 0.29) is 22.6 Å². The number of carbonyl (C=O) groups excluding carboxylic acids is 1. The summed E-state index contributed by atoms with van der Waals surface area (Å²) < 4.78 is 5.55. The third-order valence-electron chi connectivity index (χ3n) is 2.65. The molecule has 0 saturated carbocycles. The van der Waals surface area contributed by atoms with Gasteiger partial charge >= 0.3 is 5.69 Å². The smallest absolute Gasteiger partial charge is 0.342 e. The molecule has 0 radical (unpaired) electrons. The molecule has 1 aliphatic heterocycles. The predicted molar refractivity (Wildman–Crippen MR) is 78.2 cm³/mol. The molecule has 9 nitrogen and oxygen atoms in total. The Morgan fingerprint density at radius 1 is 1.18 bits per heavy atom. The Kier molecular flexibility index (Phi) is 3.74. The Morgan fingerprint density at radius 2 is 2.00 bits per heavy atom. The van der Waals surface area contributed by atoms with Gasteiger partial charge in [0.05, 0.1) is 11.3 Å². The molecule has 10 heteroatoms. The molecule has 1 aromatic carbocycles. The molecule has 0 aliphatic carbocycles. The average molecular weight is 319 g/mol. The summed E-state index contributed by atoms with van der Waals surface area (Å²) in [5, 5.41) is 9.67. The van der Waals surface area contributed by atoms with Crippen molar-refractivity contribution in [2.75, 3.05) is 5.75 Å². The molecule has 0 bridgehead atoms. The predicted octanol–water partition coefficient (Wildman–Crippen LogP) is -0.314. The zero-order valence-electron chi connectivity index (χ0n) is 11.0. The number of aromatic nitrogens is 3. The molecule has 1 amide bonds. The summed E-state index contributed by atoms with van der Waals surface area (Å²) >= 11 is 1.02. The third kappa shape index (κ3) is 2.91. The van der Waals surface area contributed by atoms with Crippen molar-refractivity contribution in [2.24, 2.45) is 5.10 Å². The van der Waals surface area contributed by atoms with Gasteiger partial charge < -0.3 is 4.74 Å². The van der Waals surface area contributed by atoms with Crippen LogP contribution in [0, 0.1) is 0 Å². The number of benzene rings is 1. The molecule has 3 rings (SSSR count). The topological polar surface area (TPSA) is 129 Å². The third-order valence-corrected chi connectivity index (χ3v) is 3.60. The Labute approximate surface area is 126 Å². The zero-order valence-corrected chi connectivity index (χ0v) is 11.8. The van der Waals surface area contributed by atoms with Crippen LogP contribution in [0.3, 0.4) is 0 Å². The minimum Gasteiger partial charge on any atom is -0.440 e. The number of para-hydroxylation sites is 1. The number of ether oxygens (including phenoxy) is 1. The lowest BCUT2D eigenvalue weighted by Gasteiger charge is -2.06. The minimum absolute atomic E-state index is 0.0646. The quantitative estimate of drug-likeness (QED) is 0.665. The fourth-order valence-electron chi connectivity index (χ4n) is 1.69. The lowest BCUT2D eigenvalue weighted by Crippen LogP contribution is -2.25. The first kappa shape index (κ1) is 14.1. The second-order valence-electron chi connectivity index (χ2n) is 4.15. The highest BCUT2D eigenvalue weighted by atomic mass is 32.2. The van der Waals surface area contributed by atoms with Crippen molar-refractivity contribution in [3.05, 3.63) is 50.7 Å². The van der Waals surface area contributed by atoms with Crippen LogP contribution in [0.1, 0.15) is 10.4 Å². The van der Waals surface area contributed by atoms with Crippen molar-refractivity contribution in [2.45, 2.75) is 5.03 Å². The van der Waals surface area contributed by atoms with E-state index in [1.807, 2.05) is 0 Å². The van der Waals surface area contributed by atoms with Gasteiger partial charge in [0.15, 0.2) is 5.03 Å². The van der Waals surface area contributed by atoms with Gasteiger partial charge in [-0.1, -0.05) is 23.9 Å². The number of fused-ring (bicyclic) bond motifs is 1. The van der Waals surface area contributed by atoms with Gasteiger partial charge in [-0.3, -0.25) is 14.6 Å². The first-order valence-electron chi connectivity index (χ1n) is 6.09. The number of hydrogen-bond acceptors (Lipinski definition) is 7. The van der Waals surface area contributed by atoms with Gasteiger partial charge in [0.1, 0.15) is 5.75 Å². The zero-order chi connectivity index (χ0) is 15.5. The van der Waals surface area contributed by atoms with E-state index in [2.05, 4.69) is 25.7 Å². The van der Waals surface area contributed by atoms with E-state index < -0.39 is 11.2 Å². The molecule has 0 spiro atoms. The van der Waals surface area contributed by atoms with Crippen LogP contribution in [-0.2, 0) is 0 Å². The molecule has 0 atom stereocenters. The first-order chi connectivity index (χ1) is 10.6. The van der Waals surface area contributed by atoms with Crippen molar-refractivity contribution in [3.63, 3.8) is 0 Å².